The van der Waals surface area contributed by atoms with Crippen molar-refractivity contribution in [2.24, 2.45) is 0 Å². The molecule has 1 spiro atoms. The summed E-state index contributed by atoms with van der Waals surface area (Å²) < 4.78 is 5.97. The first-order chi connectivity index (χ1) is 14.4. The first-order valence-electron chi connectivity index (χ1n) is 9.85. The monoisotopic (exact) mass is 448 g/mol. The SMILES string of the molecule is O=C(O)CCN1CCC2(CC1)COc1cc(C(=O)Nc3c(Cl)cccc3Cl)ccc12. The van der Waals surface area contributed by atoms with Crippen molar-refractivity contribution in [1.82, 2.24) is 4.90 Å². The summed E-state index contributed by atoms with van der Waals surface area (Å²) in [6.07, 6.45) is 1.97. The molecule has 0 bridgehead atoms. The van der Waals surface area contributed by atoms with Crippen molar-refractivity contribution in [3.8, 4) is 5.75 Å². The lowest BCUT2D eigenvalue weighted by atomic mass is 9.74. The number of para-hydroxylation sites is 1. The number of carboxylic acid groups (broad SMARTS) is 1. The molecular weight excluding hydrogens is 427 g/mol. The maximum Gasteiger partial charge on any atom is 0.304 e. The number of rotatable bonds is 5. The Labute approximate surface area is 184 Å². The predicted molar refractivity (Wildman–Crippen MR) is 116 cm³/mol. The van der Waals surface area contributed by atoms with Crippen molar-refractivity contribution in [2.75, 3.05) is 31.6 Å². The van der Waals surface area contributed by atoms with Crippen molar-refractivity contribution in [2.45, 2.75) is 24.7 Å². The number of ether oxygens (including phenoxy) is 1. The number of carbonyl (C=O) groups excluding carboxylic acids is 1. The van der Waals surface area contributed by atoms with E-state index >= 15 is 0 Å². The Morgan fingerprint density at radius 1 is 1.13 bits per heavy atom. The lowest BCUT2D eigenvalue weighted by Gasteiger charge is -2.38. The Hall–Kier alpha value is -2.28. The minimum Gasteiger partial charge on any atom is -0.492 e. The van der Waals surface area contributed by atoms with Gasteiger partial charge in [0, 0.05) is 23.1 Å². The fourth-order valence-electron chi connectivity index (χ4n) is 4.19. The number of hydrogen-bond acceptors (Lipinski definition) is 4. The van der Waals surface area contributed by atoms with Gasteiger partial charge in [-0.15, -0.1) is 0 Å². The second kappa shape index (κ2) is 8.46. The summed E-state index contributed by atoms with van der Waals surface area (Å²) >= 11 is 12.3. The molecule has 0 aliphatic carbocycles. The molecule has 2 aromatic carbocycles. The van der Waals surface area contributed by atoms with Gasteiger partial charge in [0.1, 0.15) is 5.75 Å². The second-order valence-corrected chi connectivity index (χ2v) is 8.63. The molecule has 1 fully saturated rings. The summed E-state index contributed by atoms with van der Waals surface area (Å²) in [6, 6.07) is 10.6. The number of hydrogen-bond donors (Lipinski definition) is 2. The van der Waals surface area contributed by atoms with Crippen LogP contribution >= 0.6 is 23.2 Å². The summed E-state index contributed by atoms with van der Waals surface area (Å²) in [5.74, 6) is -0.346. The molecule has 2 heterocycles. The first kappa shape index (κ1) is 21.0. The van der Waals surface area contributed by atoms with Crippen LogP contribution in [0.4, 0.5) is 5.69 Å². The zero-order valence-electron chi connectivity index (χ0n) is 16.3. The highest BCUT2D eigenvalue weighted by Gasteiger charge is 2.43. The summed E-state index contributed by atoms with van der Waals surface area (Å²) in [6.45, 7) is 2.83. The predicted octanol–water partition coefficient (Wildman–Crippen LogP) is 4.45. The third kappa shape index (κ3) is 4.13. The molecule has 0 radical (unpaired) electrons. The largest absolute Gasteiger partial charge is 0.492 e. The molecule has 4 rings (SSSR count). The molecule has 2 N–H and O–H groups in total. The van der Waals surface area contributed by atoms with E-state index in [-0.39, 0.29) is 17.7 Å². The molecular formula is C22H22Cl2N2O4. The van der Waals surface area contributed by atoms with Gasteiger partial charge >= 0.3 is 5.97 Å². The highest BCUT2D eigenvalue weighted by molar-refractivity contribution is 6.40. The Morgan fingerprint density at radius 2 is 1.83 bits per heavy atom. The Bertz CT molecular complexity index is 967. The van der Waals surface area contributed by atoms with Crippen LogP contribution in [0.1, 0.15) is 35.2 Å². The maximum absolute atomic E-state index is 12.7. The highest BCUT2D eigenvalue weighted by Crippen LogP contribution is 2.46. The third-order valence-electron chi connectivity index (χ3n) is 5.98. The molecule has 6 nitrogen and oxygen atoms in total. The van der Waals surface area contributed by atoms with Crippen LogP contribution in [0.2, 0.25) is 10.0 Å². The molecule has 2 aliphatic heterocycles. The van der Waals surface area contributed by atoms with Crippen LogP contribution in [0.3, 0.4) is 0 Å². The van der Waals surface area contributed by atoms with Gasteiger partial charge in [-0.05, 0) is 50.2 Å². The van der Waals surface area contributed by atoms with Crippen LogP contribution in [-0.2, 0) is 10.2 Å². The minimum absolute atomic E-state index is 0.0733. The highest BCUT2D eigenvalue weighted by atomic mass is 35.5. The molecule has 8 heteroatoms. The topological polar surface area (TPSA) is 78.9 Å². The van der Waals surface area contributed by atoms with Crippen molar-refractivity contribution in [3.63, 3.8) is 0 Å². The van der Waals surface area contributed by atoms with E-state index in [1.54, 1.807) is 30.3 Å². The van der Waals surface area contributed by atoms with Crippen LogP contribution in [-0.4, -0.2) is 48.1 Å². The van der Waals surface area contributed by atoms with E-state index in [0.717, 1.165) is 37.2 Å². The average molecular weight is 449 g/mol. The average Bonchev–Trinajstić information content (AvgIpc) is 3.08. The maximum atomic E-state index is 12.7. The van der Waals surface area contributed by atoms with Crippen LogP contribution in [0.25, 0.3) is 0 Å². The summed E-state index contributed by atoms with van der Waals surface area (Å²) in [5.41, 5.74) is 1.90. The first-order valence-corrected chi connectivity index (χ1v) is 10.6. The number of anilines is 1. The molecule has 1 amide bonds. The molecule has 30 heavy (non-hydrogen) atoms. The Kier molecular flexibility index (Phi) is 5.91. The smallest absolute Gasteiger partial charge is 0.304 e. The molecule has 2 aliphatic rings. The third-order valence-corrected chi connectivity index (χ3v) is 6.61. The number of carboxylic acids is 1. The van der Waals surface area contributed by atoms with Crippen molar-refractivity contribution < 1.29 is 19.4 Å². The molecule has 1 saturated heterocycles. The zero-order valence-corrected chi connectivity index (χ0v) is 17.8. The Morgan fingerprint density at radius 3 is 2.50 bits per heavy atom. The molecule has 0 aromatic heterocycles. The van der Waals surface area contributed by atoms with E-state index < -0.39 is 5.97 Å². The standard InChI is InChI=1S/C22H22Cl2N2O4/c23-16-2-1-3-17(24)20(16)25-21(29)14-4-5-15-18(12-14)30-13-22(15)7-10-26(11-8-22)9-6-19(27)28/h1-5,12H,6-11,13H2,(H,25,29)(H,27,28). The fourth-order valence-corrected chi connectivity index (χ4v) is 4.68. The summed E-state index contributed by atoms with van der Waals surface area (Å²) in [5, 5.41) is 12.4. The normalized spacial score (nSPS) is 17.4. The van der Waals surface area contributed by atoms with Gasteiger partial charge in [0.15, 0.2) is 0 Å². The quantitative estimate of drug-likeness (QED) is 0.706. The van der Waals surface area contributed by atoms with Gasteiger partial charge in [0.25, 0.3) is 5.91 Å². The zero-order chi connectivity index (χ0) is 21.3. The van der Waals surface area contributed by atoms with Crippen molar-refractivity contribution >= 4 is 40.8 Å². The minimum atomic E-state index is -0.770. The number of nitrogens with zero attached hydrogens (tertiary/aromatic N) is 1. The van der Waals surface area contributed by atoms with Crippen LogP contribution < -0.4 is 10.1 Å². The van der Waals surface area contributed by atoms with Gasteiger partial charge in [-0.25, -0.2) is 0 Å². The number of halogens is 2. The number of nitrogens with one attached hydrogen (secondary N) is 1. The van der Waals surface area contributed by atoms with Crippen LogP contribution in [0.5, 0.6) is 5.75 Å². The molecule has 0 unspecified atom stereocenters. The molecule has 158 valence electrons. The lowest BCUT2D eigenvalue weighted by Crippen LogP contribution is -2.44. The number of amides is 1. The van der Waals surface area contributed by atoms with Gasteiger partial charge < -0.3 is 20.1 Å². The van der Waals surface area contributed by atoms with Gasteiger partial charge in [-0.2, -0.15) is 0 Å². The van der Waals surface area contributed by atoms with E-state index in [2.05, 4.69) is 10.2 Å². The number of piperidine rings is 1. The number of carbonyl (C=O) groups is 2. The second-order valence-electron chi connectivity index (χ2n) is 7.82. The van der Waals surface area contributed by atoms with Crippen molar-refractivity contribution in [3.05, 3.63) is 57.6 Å². The number of likely N-dealkylation sites (tertiary alicyclic amines) is 1. The van der Waals surface area contributed by atoms with Gasteiger partial charge in [0.05, 0.1) is 28.8 Å². The number of fused-ring (bicyclic) bond motifs is 2. The number of benzene rings is 2. The van der Waals surface area contributed by atoms with Crippen molar-refractivity contribution in [1.29, 1.82) is 0 Å². The lowest BCUT2D eigenvalue weighted by molar-refractivity contribution is -0.137. The van der Waals surface area contributed by atoms with Crippen LogP contribution in [0, 0.1) is 0 Å². The molecule has 2 aromatic rings. The van der Waals surface area contributed by atoms with Gasteiger partial charge in [0.2, 0.25) is 0 Å². The molecule has 0 atom stereocenters. The van der Waals surface area contributed by atoms with E-state index in [1.165, 1.54) is 0 Å². The van der Waals surface area contributed by atoms with E-state index in [4.69, 9.17) is 33.0 Å². The Balaban J connectivity index is 1.46. The van der Waals surface area contributed by atoms with E-state index in [1.807, 2.05) is 6.07 Å². The summed E-state index contributed by atoms with van der Waals surface area (Å²) in [4.78, 5) is 25.7. The fraction of sp³-hybridized carbons (Fsp3) is 0.364. The van der Waals surface area contributed by atoms with E-state index in [0.29, 0.717) is 34.4 Å². The van der Waals surface area contributed by atoms with Gasteiger partial charge in [-0.1, -0.05) is 35.3 Å². The van der Waals surface area contributed by atoms with Gasteiger partial charge in [-0.3, -0.25) is 9.59 Å². The van der Waals surface area contributed by atoms with E-state index in [9.17, 15) is 9.59 Å². The summed E-state index contributed by atoms with van der Waals surface area (Å²) in [7, 11) is 0. The van der Waals surface area contributed by atoms with Crippen LogP contribution in [0.15, 0.2) is 36.4 Å². The molecule has 0 saturated carbocycles. The number of aliphatic carboxylic acids is 1.